The minimum Gasteiger partial charge on any atom is -0.383 e. The van der Waals surface area contributed by atoms with Gasteiger partial charge in [0, 0.05) is 31.7 Å². The first kappa shape index (κ1) is 19.2. The normalized spacial score (nSPS) is 24.7. The fraction of sp³-hybridized carbons (Fsp3) is 0.667. The summed E-state index contributed by atoms with van der Waals surface area (Å²) < 4.78 is 0. The molecule has 0 spiro atoms. The SMILES string of the molecule is CCNC(=NCC1(O)CCc2ccccc21)NC1CCN(C(C)C)CC1. The second-order valence-corrected chi connectivity index (χ2v) is 7.93. The molecule has 0 radical (unpaired) electrons. The molecule has 5 nitrogen and oxygen atoms in total. The van der Waals surface area contributed by atoms with Crippen molar-refractivity contribution in [2.75, 3.05) is 26.2 Å². The quantitative estimate of drug-likeness (QED) is 0.558. The van der Waals surface area contributed by atoms with E-state index in [0.29, 0.717) is 18.6 Å². The van der Waals surface area contributed by atoms with Crippen LogP contribution in [0, 0.1) is 0 Å². The molecule has 1 aromatic carbocycles. The van der Waals surface area contributed by atoms with Gasteiger partial charge >= 0.3 is 0 Å². The highest BCUT2D eigenvalue weighted by molar-refractivity contribution is 5.80. The Bertz CT molecular complexity index is 622. The number of benzene rings is 1. The van der Waals surface area contributed by atoms with E-state index in [0.717, 1.165) is 56.8 Å². The van der Waals surface area contributed by atoms with Crippen molar-refractivity contribution < 1.29 is 5.11 Å². The summed E-state index contributed by atoms with van der Waals surface area (Å²) >= 11 is 0. The van der Waals surface area contributed by atoms with Gasteiger partial charge in [-0.2, -0.15) is 0 Å². The van der Waals surface area contributed by atoms with Gasteiger partial charge in [-0.05, 0) is 57.6 Å². The first-order valence-electron chi connectivity index (χ1n) is 10.1. The number of aliphatic hydroxyl groups is 1. The zero-order valence-electron chi connectivity index (χ0n) is 16.5. The first-order valence-corrected chi connectivity index (χ1v) is 10.1. The van der Waals surface area contributed by atoms with Gasteiger partial charge < -0.3 is 20.6 Å². The highest BCUT2D eigenvalue weighted by Gasteiger charge is 2.36. The van der Waals surface area contributed by atoms with Crippen LogP contribution in [0.2, 0.25) is 0 Å². The molecule has 5 heteroatoms. The van der Waals surface area contributed by atoms with Crippen molar-refractivity contribution >= 4 is 5.96 Å². The molecule has 1 saturated heterocycles. The number of fused-ring (bicyclic) bond motifs is 1. The van der Waals surface area contributed by atoms with E-state index in [-0.39, 0.29) is 0 Å². The monoisotopic (exact) mass is 358 g/mol. The van der Waals surface area contributed by atoms with E-state index in [2.05, 4.69) is 42.4 Å². The Morgan fingerprint density at radius 2 is 2.04 bits per heavy atom. The van der Waals surface area contributed by atoms with Crippen LogP contribution < -0.4 is 10.6 Å². The van der Waals surface area contributed by atoms with E-state index in [1.54, 1.807) is 0 Å². The van der Waals surface area contributed by atoms with Crippen molar-refractivity contribution in [2.45, 2.75) is 64.1 Å². The third-order valence-electron chi connectivity index (χ3n) is 5.77. The molecule has 26 heavy (non-hydrogen) atoms. The van der Waals surface area contributed by atoms with E-state index in [1.165, 1.54) is 5.56 Å². The summed E-state index contributed by atoms with van der Waals surface area (Å²) in [5.41, 5.74) is 1.47. The minimum atomic E-state index is -0.833. The molecule has 0 bridgehead atoms. The Morgan fingerprint density at radius 3 is 2.73 bits per heavy atom. The second-order valence-electron chi connectivity index (χ2n) is 7.93. The molecule has 3 N–H and O–H groups in total. The van der Waals surface area contributed by atoms with Crippen LogP contribution in [0.1, 0.15) is 51.2 Å². The number of hydrogen-bond acceptors (Lipinski definition) is 3. The van der Waals surface area contributed by atoms with Gasteiger partial charge in [-0.25, -0.2) is 4.99 Å². The standard InChI is InChI=1S/C21H34N4O/c1-4-22-20(24-18-10-13-25(14-11-18)16(2)3)23-15-21(26)12-9-17-7-5-6-8-19(17)21/h5-8,16,18,26H,4,9-15H2,1-3H3,(H2,22,23,24). The van der Waals surface area contributed by atoms with Crippen LogP contribution in [0.3, 0.4) is 0 Å². The molecular weight excluding hydrogens is 324 g/mol. The molecule has 1 aliphatic heterocycles. The van der Waals surface area contributed by atoms with E-state index in [4.69, 9.17) is 4.99 Å². The number of guanidine groups is 1. The predicted molar refractivity (Wildman–Crippen MR) is 108 cm³/mol. The molecular formula is C21H34N4O. The van der Waals surface area contributed by atoms with Gasteiger partial charge in [0.2, 0.25) is 0 Å². The van der Waals surface area contributed by atoms with Gasteiger partial charge in [-0.1, -0.05) is 24.3 Å². The average molecular weight is 359 g/mol. The average Bonchev–Trinajstić information content (AvgIpc) is 2.98. The van der Waals surface area contributed by atoms with Crippen molar-refractivity contribution in [3.8, 4) is 0 Å². The summed E-state index contributed by atoms with van der Waals surface area (Å²) in [7, 11) is 0. The highest BCUT2D eigenvalue weighted by Crippen LogP contribution is 2.36. The zero-order valence-corrected chi connectivity index (χ0v) is 16.5. The number of nitrogens with one attached hydrogen (secondary N) is 2. The Labute approximate surface area is 157 Å². The number of rotatable bonds is 5. The number of hydrogen-bond donors (Lipinski definition) is 3. The molecule has 1 heterocycles. The molecule has 1 aliphatic carbocycles. The van der Waals surface area contributed by atoms with Crippen LogP contribution in [0.15, 0.2) is 29.3 Å². The lowest BCUT2D eigenvalue weighted by molar-refractivity contribution is 0.0485. The lowest BCUT2D eigenvalue weighted by Gasteiger charge is -2.35. The molecule has 1 unspecified atom stereocenters. The van der Waals surface area contributed by atoms with E-state index >= 15 is 0 Å². The molecule has 1 aromatic rings. The van der Waals surface area contributed by atoms with Crippen LogP contribution >= 0.6 is 0 Å². The predicted octanol–water partition coefficient (Wildman–Crippen LogP) is 2.25. The summed E-state index contributed by atoms with van der Waals surface area (Å²) in [5, 5.41) is 18.0. The van der Waals surface area contributed by atoms with Gasteiger partial charge in [0.15, 0.2) is 5.96 Å². The lowest BCUT2D eigenvalue weighted by Crippen LogP contribution is -2.50. The summed E-state index contributed by atoms with van der Waals surface area (Å²) in [6, 6.07) is 9.28. The molecule has 0 aromatic heterocycles. The third-order valence-corrected chi connectivity index (χ3v) is 5.77. The maximum atomic E-state index is 11.1. The highest BCUT2D eigenvalue weighted by atomic mass is 16.3. The molecule has 1 atom stereocenters. The van der Waals surface area contributed by atoms with Crippen molar-refractivity contribution in [1.82, 2.24) is 15.5 Å². The molecule has 1 fully saturated rings. The summed E-state index contributed by atoms with van der Waals surface area (Å²) in [6.45, 7) is 10.1. The number of aliphatic imine (C=N–C) groups is 1. The van der Waals surface area contributed by atoms with Crippen LogP contribution in [0.4, 0.5) is 0 Å². The fourth-order valence-corrected chi connectivity index (χ4v) is 4.12. The Balaban J connectivity index is 1.61. The maximum Gasteiger partial charge on any atom is 0.191 e. The topological polar surface area (TPSA) is 59.9 Å². The van der Waals surface area contributed by atoms with Gasteiger partial charge in [-0.3, -0.25) is 0 Å². The fourth-order valence-electron chi connectivity index (χ4n) is 4.12. The maximum absolute atomic E-state index is 11.1. The van der Waals surface area contributed by atoms with E-state index in [1.807, 2.05) is 18.2 Å². The van der Waals surface area contributed by atoms with Crippen molar-refractivity contribution in [3.05, 3.63) is 35.4 Å². The van der Waals surface area contributed by atoms with Gasteiger partial charge in [0.05, 0.1) is 6.54 Å². The van der Waals surface area contributed by atoms with E-state index < -0.39 is 5.60 Å². The van der Waals surface area contributed by atoms with E-state index in [9.17, 15) is 5.11 Å². The van der Waals surface area contributed by atoms with Gasteiger partial charge in [0.25, 0.3) is 0 Å². The van der Waals surface area contributed by atoms with Crippen LogP contribution in [0.5, 0.6) is 0 Å². The Hall–Kier alpha value is -1.59. The number of aryl methyl sites for hydroxylation is 1. The summed E-state index contributed by atoms with van der Waals surface area (Å²) in [4.78, 5) is 7.27. The largest absolute Gasteiger partial charge is 0.383 e. The molecule has 0 amide bonds. The van der Waals surface area contributed by atoms with Crippen LogP contribution in [0.25, 0.3) is 0 Å². The van der Waals surface area contributed by atoms with Gasteiger partial charge in [0.1, 0.15) is 5.60 Å². The number of nitrogens with zero attached hydrogens (tertiary/aromatic N) is 2. The lowest BCUT2D eigenvalue weighted by atomic mass is 9.96. The Morgan fingerprint density at radius 1 is 1.31 bits per heavy atom. The molecule has 0 saturated carbocycles. The molecule has 2 aliphatic rings. The first-order chi connectivity index (χ1) is 12.5. The third kappa shape index (κ3) is 4.38. The summed E-state index contributed by atoms with van der Waals surface area (Å²) in [5.74, 6) is 0.827. The van der Waals surface area contributed by atoms with Crippen LogP contribution in [-0.2, 0) is 12.0 Å². The summed E-state index contributed by atoms with van der Waals surface area (Å²) in [6.07, 6.45) is 3.95. The smallest absolute Gasteiger partial charge is 0.191 e. The van der Waals surface area contributed by atoms with Gasteiger partial charge in [-0.15, -0.1) is 0 Å². The minimum absolute atomic E-state index is 0.407. The number of piperidine rings is 1. The number of likely N-dealkylation sites (tertiary alicyclic amines) is 1. The second kappa shape index (κ2) is 8.40. The van der Waals surface area contributed by atoms with Crippen molar-refractivity contribution in [1.29, 1.82) is 0 Å². The Kier molecular flexibility index (Phi) is 6.20. The zero-order chi connectivity index (χ0) is 18.6. The molecule has 144 valence electrons. The molecule has 3 rings (SSSR count). The van der Waals surface area contributed by atoms with Crippen molar-refractivity contribution in [2.24, 2.45) is 4.99 Å². The van der Waals surface area contributed by atoms with Crippen molar-refractivity contribution in [3.63, 3.8) is 0 Å². The van der Waals surface area contributed by atoms with Crippen LogP contribution in [-0.4, -0.2) is 54.2 Å².